The molecule has 14 heavy (non-hydrogen) atoms. The second kappa shape index (κ2) is 4.17. The van der Waals surface area contributed by atoms with E-state index in [4.69, 9.17) is 5.73 Å². The van der Waals surface area contributed by atoms with Crippen molar-refractivity contribution in [3.63, 3.8) is 0 Å². The Morgan fingerprint density at radius 2 is 1.71 bits per heavy atom. The lowest BCUT2D eigenvalue weighted by Crippen LogP contribution is -2.50. The van der Waals surface area contributed by atoms with Crippen molar-refractivity contribution in [2.75, 3.05) is 26.2 Å². The minimum atomic E-state index is 0.190. The van der Waals surface area contributed by atoms with Gasteiger partial charge in [-0.05, 0) is 25.7 Å². The quantitative estimate of drug-likeness (QED) is 0.619. The smallest absolute Gasteiger partial charge is 0.320 e. The van der Waals surface area contributed by atoms with Gasteiger partial charge in [-0.1, -0.05) is 0 Å². The predicted molar refractivity (Wildman–Crippen MR) is 55.0 cm³/mol. The van der Waals surface area contributed by atoms with Crippen LogP contribution in [0.4, 0.5) is 4.79 Å². The fraction of sp³-hybridized carbons (Fsp3) is 0.900. The Kier molecular flexibility index (Phi) is 2.91. The summed E-state index contributed by atoms with van der Waals surface area (Å²) in [5.41, 5.74) is 5.85. The average Bonchev–Trinajstić information content (AvgIpc) is 2.69. The molecular weight excluding hydrogens is 178 g/mol. The Balaban J connectivity index is 1.89. The zero-order valence-electron chi connectivity index (χ0n) is 8.61. The molecule has 2 rings (SSSR count). The van der Waals surface area contributed by atoms with Gasteiger partial charge in [0, 0.05) is 32.2 Å². The molecular formula is C10H19N3O. The van der Waals surface area contributed by atoms with Crippen molar-refractivity contribution in [1.82, 2.24) is 9.80 Å². The largest absolute Gasteiger partial charge is 0.326 e. The van der Waals surface area contributed by atoms with Gasteiger partial charge in [-0.15, -0.1) is 0 Å². The molecule has 0 saturated carbocycles. The summed E-state index contributed by atoms with van der Waals surface area (Å²) >= 11 is 0. The van der Waals surface area contributed by atoms with E-state index in [0.717, 1.165) is 51.9 Å². The lowest BCUT2D eigenvalue weighted by Gasteiger charge is -2.33. The van der Waals surface area contributed by atoms with Gasteiger partial charge in [0.05, 0.1) is 0 Å². The van der Waals surface area contributed by atoms with E-state index < -0.39 is 0 Å². The normalized spacial score (nSPS) is 28.2. The van der Waals surface area contributed by atoms with Crippen molar-refractivity contribution in [3.8, 4) is 0 Å². The van der Waals surface area contributed by atoms with Gasteiger partial charge in [-0.25, -0.2) is 4.79 Å². The Bertz CT molecular complexity index is 213. The molecule has 0 aromatic heterocycles. The summed E-state index contributed by atoms with van der Waals surface area (Å²) in [6.45, 7) is 3.51. The minimum absolute atomic E-state index is 0.190. The third kappa shape index (κ3) is 2.00. The van der Waals surface area contributed by atoms with Crippen molar-refractivity contribution < 1.29 is 4.79 Å². The van der Waals surface area contributed by atoms with Crippen LogP contribution in [0.3, 0.4) is 0 Å². The maximum Gasteiger partial charge on any atom is 0.320 e. The molecule has 0 aromatic carbocycles. The van der Waals surface area contributed by atoms with Crippen LogP contribution in [0.1, 0.15) is 25.7 Å². The summed E-state index contributed by atoms with van der Waals surface area (Å²) in [6, 6.07) is 0.396. The Labute approximate surface area is 85.0 Å². The molecule has 0 spiro atoms. The number of piperidine rings is 1. The predicted octanol–water partition coefficient (Wildman–Crippen LogP) is 0.625. The van der Waals surface area contributed by atoms with E-state index in [-0.39, 0.29) is 12.1 Å². The highest BCUT2D eigenvalue weighted by Gasteiger charge is 2.26. The van der Waals surface area contributed by atoms with Crippen LogP contribution in [-0.4, -0.2) is 48.1 Å². The van der Waals surface area contributed by atoms with Crippen LogP contribution in [0.25, 0.3) is 0 Å². The standard InChI is InChI=1S/C10H19N3O/c11-9-4-3-7-13(8-9)10(14)12-5-1-2-6-12/h9H,1-8,11H2/t9-/m0/s1. The van der Waals surface area contributed by atoms with Crippen LogP contribution in [0, 0.1) is 0 Å². The first-order chi connectivity index (χ1) is 6.77. The monoisotopic (exact) mass is 197 g/mol. The lowest BCUT2D eigenvalue weighted by molar-refractivity contribution is 0.147. The van der Waals surface area contributed by atoms with E-state index in [1.165, 1.54) is 0 Å². The topological polar surface area (TPSA) is 49.6 Å². The van der Waals surface area contributed by atoms with Gasteiger partial charge in [0.15, 0.2) is 0 Å². The van der Waals surface area contributed by atoms with Gasteiger partial charge in [0.2, 0.25) is 0 Å². The summed E-state index contributed by atoms with van der Waals surface area (Å²) in [5.74, 6) is 0. The third-order valence-electron chi connectivity index (χ3n) is 3.10. The SMILES string of the molecule is N[C@H]1CCCN(C(=O)N2CCCC2)C1. The maximum absolute atomic E-state index is 11.9. The number of rotatable bonds is 0. The van der Waals surface area contributed by atoms with E-state index in [2.05, 4.69) is 0 Å². The number of amides is 2. The number of carbonyl (C=O) groups is 1. The van der Waals surface area contributed by atoms with Crippen molar-refractivity contribution >= 4 is 6.03 Å². The van der Waals surface area contributed by atoms with Gasteiger partial charge in [0.25, 0.3) is 0 Å². The van der Waals surface area contributed by atoms with E-state index >= 15 is 0 Å². The molecule has 1 atom stereocenters. The molecule has 0 radical (unpaired) electrons. The van der Waals surface area contributed by atoms with Crippen molar-refractivity contribution in [3.05, 3.63) is 0 Å². The molecule has 2 heterocycles. The number of urea groups is 1. The number of hydrogen-bond acceptors (Lipinski definition) is 2. The van der Waals surface area contributed by atoms with E-state index in [1.54, 1.807) is 0 Å². The second-order valence-corrected chi connectivity index (χ2v) is 4.33. The van der Waals surface area contributed by atoms with Crippen LogP contribution in [0.5, 0.6) is 0 Å². The van der Waals surface area contributed by atoms with Gasteiger partial charge >= 0.3 is 6.03 Å². The zero-order chi connectivity index (χ0) is 9.97. The van der Waals surface area contributed by atoms with Gasteiger partial charge < -0.3 is 15.5 Å². The fourth-order valence-electron chi connectivity index (χ4n) is 2.29. The van der Waals surface area contributed by atoms with Crippen LogP contribution in [-0.2, 0) is 0 Å². The summed E-state index contributed by atoms with van der Waals surface area (Å²) in [7, 11) is 0. The molecule has 2 fully saturated rings. The summed E-state index contributed by atoms with van der Waals surface area (Å²) in [4.78, 5) is 15.8. The highest BCUT2D eigenvalue weighted by atomic mass is 16.2. The minimum Gasteiger partial charge on any atom is -0.326 e. The van der Waals surface area contributed by atoms with Crippen molar-refractivity contribution in [2.45, 2.75) is 31.7 Å². The Hall–Kier alpha value is -0.770. The highest BCUT2D eigenvalue weighted by Crippen LogP contribution is 2.14. The van der Waals surface area contributed by atoms with Crippen LogP contribution in [0.15, 0.2) is 0 Å². The van der Waals surface area contributed by atoms with Crippen molar-refractivity contribution in [1.29, 1.82) is 0 Å². The fourth-order valence-corrected chi connectivity index (χ4v) is 2.29. The highest BCUT2D eigenvalue weighted by molar-refractivity contribution is 5.74. The van der Waals surface area contributed by atoms with E-state index in [1.807, 2.05) is 9.80 Å². The molecule has 2 aliphatic heterocycles. The van der Waals surface area contributed by atoms with Crippen LogP contribution in [0.2, 0.25) is 0 Å². The van der Waals surface area contributed by atoms with Gasteiger partial charge in [-0.3, -0.25) is 0 Å². The lowest BCUT2D eigenvalue weighted by atomic mass is 10.1. The average molecular weight is 197 g/mol. The number of carbonyl (C=O) groups excluding carboxylic acids is 1. The zero-order valence-corrected chi connectivity index (χ0v) is 8.61. The molecule has 80 valence electrons. The van der Waals surface area contributed by atoms with E-state index in [9.17, 15) is 4.79 Å². The molecule has 0 unspecified atom stereocenters. The van der Waals surface area contributed by atoms with Crippen LogP contribution >= 0.6 is 0 Å². The molecule has 0 aliphatic carbocycles. The van der Waals surface area contributed by atoms with Gasteiger partial charge in [0.1, 0.15) is 0 Å². The molecule has 0 bridgehead atoms. The number of nitrogens with two attached hydrogens (primary N) is 1. The van der Waals surface area contributed by atoms with E-state index in [0.29, 0.717) is 0 Å². The summed E-state index contributed by atoms with van der Waals surface area (Å²) in [6.07, 6.45) is 4.43. The van der Waals surface area contributed by atoms with Gasteiger partial charge in [-0.2, -0.15) is 0 Å². The molecule has 0 aromatic rings. The number of likely N-dealkylation sites (tertiary alicyclic amines) is 2. The molecule has 2 aliphatic rings. The first kappa shape index (κ1) is 9.77. The molecule has 2 saturated heterocycles. The first-order valence-corrected chi connectivity index (χ1v) is 5.57. The number of hydrogen-bond donors (Lipinski definition) is 1. The second-order valence-electron chi connectivity index (χ2n) is 4.33. The number of nitrogens with zero attached hydrogens (tertiary/aromatic N) is 2. The van der Waals surface area contributed by atoms with Crippen molar-refractivity contribution in [2.24, 2.45) is 5.73 Å². The molecule has 2 N–H and O–H groups in total. The Morgan fingerprint density at radius 3 is 2.36 bits per heavy atom. The molecule has 4 nitrogen and oxygen atoms in total. The summed E-state index contributed by atoms with van der Waals surface area (Å²) in [5, 5.41) is 0. The Morgan fingerprint density at radius 1 is 1.07 bits per heavy atom. The molecule has 4 heteroatoms. The third-order valence-corrected chi connectivity index (χ3v) is 3.10. The maximum atomic E-state index is 11.9. The first-order valence-electron chi connectivity index (χ1n) is 5.57. The molecule has 2 amide bonds. The van der Waals surface area contributed by atoms with Crippen LogP contribution < -0.4 is 5.73 Å². The summed E-state index contributed by atoms with van der Waals surface area (Å²) < 4.78 is 0.